The lowest BCUT2D eigenvalue weighted by molar-refractivity contribution is -0.0117. The first-order chi connectivity index (χ1) is 8.26. The molecule has 0 atom stereocenters. The summed E-state index contributed by atoms with van der Waals surface area (Å²) >= 11 is 3.26. The van der Waals surface area contributed by atoms with E-state index in [0.717, 1.165) is 0 Å². The topological polar surface area (TPSA) is 63.6 Å². The van der Waals surface area contributed by atoms with Crippen LogP contribution in [-0.2, 0) is 9.84 Å². The summed E-state index contributed by atoms with van der Waals surface area (Å²) in [5, 5.41) is 9.14. The third kappa shape index (κ3) is 2.41. The average molecular weight is 335 g/mol. The van der Waals surface area contributed by atoms with Crippen molar-refractivity contribution < 1.29 is 18.3 Å². The number of aliphatic hydroxyl groups is 1. The number of halogens is 1. The predicted octanol–water partition coefficient (Wildman–Crippen LogP) is 2.14. The minimum absolute atomic E-state index is 0.180. The van der Waals surface area contributed by atoms with E-state index in [4.69, 9.17) is 4.74 Å². The second-order valence-electron chi connectivity index (χ2n) is 4.87. The second kappa shape index (κ2) is 4.51. The van der Waals surface area contributed by atoms with Gasteiger partial charge in [0.25, 0.3) is 0 Å². The van der Waals surface area contributed by atoms with Crippen molar-refractivity contribution in [3.05, 3.63) is 22.7 Å². The number of benzene rings is 1. The van der Waals surface area contributed by atoms with Crippen LogP contribution in [-0.4, -0.2) is 31.5 Å². The Morgan fingerprint density at radius 1 is 1.44 bits per heavy atom. The summed E-state index contributed by atoms with van der Waals surface area (Å²) in [4.78, 5) is 0.180. The summed E-state index contributed by atoms with van der Waals surface area (Å²) in [6.07, 6.45) is 0.538. The molecule has 1 aromatic rings. The molecule has 0 heterocycles. The van der Waals surface area contributed by atoms with E-state index in [1.165, 1.54) is 7.11 Å². The van der Waals surface area contributed by atoms with Crippen LogP contribution in [0, 0.1) is 0 Å². The van der Waals surface area contributed by atoms with Gasteiger partial charge >= 0.3 is 0 Å². The Bertz CT molecular complexity index is 557. The Balaban J connectivity index is 2.39. The van der Waals surface area contributed by atoms with E-state index >= 15 is 0 Å². The highest BCUT2D eigenvalue weighted by atomic mass is 79.9. The smallest absolute Gasteiger partial charge is 0.185 e. The Hall–Kier alpha value is -0.590. The molecule has 18 heavy (non-hydrogen) atoms. The zero-order valence-corrected chi connectivity index (χ0v) is 12.6. The summed E-state index contributed by atoms with van der Waals surface area (Å²) in [6.45, 7) is 1.65. The predicted molar refractivity (Wildman–Crippen MR) is 71.5 cm³/mol. The Morgan fingerprint density at radius 2 is 2.06 bits per heavy atom. The summed E-state index contributed by atoms with van der Waals surface area (Å²) in [7, 11) is -2.01. The molecule has 0 aliphatic heterocycles. The van der Waals surface area contributed by atoms with Crippen molar-refractivity contribution in [2.24, 2.45) is 0 Å². The van der Waals surface area contributed by atoms with Gasteiger partial charge in [0.1, 0.15) is 10.6 Å². The van der Waals surface area contributed by atoms with Gasteiger partial charge in [0, 0.05) is 4.47 Å². The molecule has 0 radical (unpaired) electrons. The molecule has 1 aliphatic carbocycles. The van der Waals surface area contributed by atoms with Crippen LogP contribution in [0.2, 0.25) is 0 Å². The van der Waals surface area contributed by atoms with Crippen LogP contribution in [0.1, 0.15) is 19.8 Å². The van der Waals surface area contributed by atoms with E-state index < -0.39 is 20.7 Å². The van der Waals surface area contributed by atoms with E-state index in [-0.39, 0.29) is 17.7 Å². The average Bonchev–Trinajstić information content (AvgIpc) is 2.25. The van der Waals surface area contributed by atoms with Crippen molar-refractivity contribution in [3.63, 3.8) is 0 Å². The fourth-order valence-electron chi connectivity index (χ4n) is 2.19. The van der Waals surface area contributed by atoms with Crippen LogP contribution < -0.4 is 4.74 Å². The van der Waals surface area contributed by atoms with Crippen LogP contribution >= 0.6 is 15.9 Å². The number of ether oxygens (including phenoxy) is 1. The highest BCUT2D eigenvalue weighted by Crippen LogP contribution is 2.41. The molecule has 0 aromatic heterocycles. The van der Waals surface area contributed by atoms with Gasteiger partial charge in [-0.15, -0.1) is 0 Å². The zero-order valence-electron chi connectivity index (χ0n) is 10.2. The molecule has 1 aromatic carbocycles. The van der Waals surface area contributed by atoms with Crippen LogP contribution in [0.15, 0.2) is 27.6 Å². The lowest BCUT2D eigenvalue weighted by Gasteiger charge is -2.40. The third-order valence-corrected chi connectivity index (χ3v) is 5.84. The molecule has 0 saturated heterocycles. The SMILES string of the molecule is COc1ccc(Br)cc1S(=O)(=O)C1CC(C)(O)C1. The normalized spacial score (nSPS) is 27.7. The van der Waals surface area contributed by atoms with Gasteiger partial charge in [0.05, 0.1) is 18.0 Å². The van der Waals surface area contributed by atoms with Crippen molar-refractivity contribution in [3.8, 4) is 5.75 Å². The van der Waals surface area contributed by atoms with Crippen molar-refractivity contribution >= 4 is 25.8 Å². The van der Waals surface area contributed by atoms with E-state index in [2.05, 4.69) is 15.9 Å². The van der Waals surface area contributed by atoms with Gasteiger partial charge in [-0.2, -0.15) is 0 Å². The van der Waals surface area contributed by atoms with Crippen LogP contribution in [0.5, 0.6) is 5.75 Å². The first kappa shape index (κ1) is 13.8. The Labute approximate surface area is 115 Å². The molecule has 100 valence electrons. The number of rotatable bonds is 3. The molecule has 0 unspecified atom stereocenters. The standard InChI is InChI=1S/C12H15BrO4S/c1-12(14)6-9(7-12)18(15,16)11-5-8(13)3-4-10(11)17-2/h3-5,9,14H,6-7H2,1-2H3. The monoisotopic (exact) mass is 334 g/mol. The maximum absolute atomic E-state index is 12.4. The first-order valence-corrected chi connectivity index (χ1v) is 7.90. The first-order valence-electron chi connectivity index (χ1n) is 5.56. The molecule has 0 bridgehead atoms. The quantitative estimate of drug-likeness (QED) is 0.919. The van der Waals surface area contributed by atoms with Gasteiger partial charge in [0.15, 0.2) is 9.84 Å². The van der Waals surface area contributed by atoms with Crippen LogP contribution in [0.25, 0.3) is 0 Å². The van der Waals surface area contributed by atoms with Gasteiger partial charge in [-0.25, -0.2) is 8.42 Å². The fraction of sp³-hybridized carbons (Fsp3) is 0.500. The van der Waals surface area contributed by atoms with Crippen LogP contribution in [0.3, 0.4) is 0 Å². The van der Waals surface area contributed by atoms with Gasteiger partial charge < -0.3 is 9.84 Å². The maximum atomic E-state index is 12.4. The largest absolute Gasteiger partial charge is 0.495 e. The van der Waals surface area contributed by atoms with Crippen molar-refractivity contribution in [1.29, 1.82) is 0 Å². The van der Waals surface area contributed by atoms with Gasteiger partial charge in [-0.3, -0.25) is 0 Å². The van der Waals surface area contributed by atoms with Crippen LogP contribution in [0.4, 0.5) is 0 Å². The van der Waals surface area contributed by atoms with Crippen molar-refractivity contribution in [2.75, 3.05) is 7.11 Å². The molecule has 2 rings (SSSR count). The molecule has 0 spiro atoms. The molecular weight excluding hydrogens is 320 g/mol. The summed E-state index contributed by atoms with van der Waals surface area (Å²) in [6, 6.07) is 4.89. The minimum Gasteiger partial charge on any atom is -0.495 e. The fourth-order valence-corrected chi connectivity index (χ4v) is 4.94. The highest BCUT2D eigenvalue weighted by Gasteiger charge is 2.47. The molecule has 0 amide bonds. The summed E-state index contributed by atoms with van der Waals surface area (Å²) in [5.41, 5.74) is -0.864. The van der Waals surface area contributed by atoms with Crippen molar-refractivity contribution in [2.45, 2.75) is 35.5 Å². The number of sulfone groups is 1. The summed E-state index contributed by atoms with van der Waals surface area (Å²) in [5.74, 6) is 0.338. The molecular formula is C12H15BrO4S. The van der Waals surface area contributed by atoms with Crippen molar-refractivity contribution in [1.82, 2.24) is 0 Å². The van der Waals surface area contributed by atoms with E-state index in [0.29, 0.717) is 10.2 Å². The van der Waals surface area contributed by atoms with Gasteiger partial charge in [-0.1, -0.05) is 15.9 Å². The minimum atomic E-state index is -3.45. The zero-order chi connectivity index (χ0) is 13.6. The maximum Gasteiger partial charge on any atom is 0.185 e. The highest BCUT2D eigenvalue weighted by molar-refractivity contribution is 9.10. The summed E-state index contributed by atoms with van der Waals surface area (Å²) < 4.78 is 30.6. The second-order valence-corrected chi connectivity index (χ2v) is 7.98. The number of hydrogen-bond acceptors (Lipinski definition) is 4. The lowest BCUT2D eigenvalue weighted by Crippen LogP contribution is -2.48. The molecule has 6 heteroatoms. The van der Waals surface area contributed by atoms with E-state index in [9.17, 15) is 13.5 Å². The molecule has 1 aliphatic rings. The van der Waals surface area contributed by atoms with Gasteiger partial charge in [-0.05, 0) is 38.0 Å². The Morgan fingerprint density at radius 3 is 2.56 bits per heavy atom. The number of methoxy groups -OCH3 is 1. The molecule has 1 saturated carbocycles. The Kier molecular flexibility index (Phi) is 3.46. The third-order valence-electron chi connectivity index (χ3n) is 3.21. The molecule has 1 fully saturated rings. The molecule has 4 nitrogen and oxygen atoms in total. The van der Waals surface area contributed by atoms with E-state index in [1.54, 1.807) is 25.1 Å². The lowest BCUT2D eigenvalue weighted by atomic mass is 9.82. The molecule has 1 N–H and O–H groups in total. The number of hydrogen-bond donors (Lipinski definition) is 1. The van der Waals surface area contributed by atoms with E-state index in [1.807, 2.05) is 0 Å². The van der Waals surface area contributed by atoms with Gasteiger partial charge in [0.2, 0.25) is 0 Å².